The highest BCUT2D eigenvalue weighted by Gasteiger charge is 2.17. The molecule has 1 aromatic carbocycles. The summed E-state index contributed by atoms with van der Waals surface area (Å²) in [6, 6.07) is 11.5. The van der Waals surface area contributed by atoms with Crippen LogP contribution in [0.25, 0.3) is 0 Å². The zero-order valence-electron chi connectivity index (χ0n) is 13.6. The van der Waals surface area contributed by atoms with E-state index in [0.29, 0.717) is 18.2 Å². The summed E-state index contributed by atoms with van der Waals surface area (Å²) in [5, 5.41) is 17.7. The van der Waals surface area contributed by atoms with Crippen molar-refractivity contribution < 1.29 is 4.79 Å². The summed E-state index contributed by atoms with van der Waals surface area (Å²) in [6.07, 6.45) is 2.06. The number of thioether (sulfide) groups is 1. The van der Waals surface area contributed by atoms with Gasteiger partial charge in [-0.25, -0.2) is 0 Å². The van der Waals surface area contributed by atoms with Crippen LogP contribution in [0.4, 0.5) is 5.69 Å². The van der Waals surface area contributed by atoms with Gasteiger partial charge < -0.3 is 9.47 Å². The van der Waals surface area contributed by atoms with E-state index in [1.165, 1.54) is 11.8 Å². The molecule has 124 valence electrons. The lowest BCUT2D eigenvalue weighted by Gasteiger charge is -2.21. The highest BCUT2D eigenvalue weighted by atomic mass is 32.2. The minimum atomic E-state index is -0.0627. The second kappa shape index (κ2) is 8.89. The van der Waals surface area contributed by atoms with E-state index in [4.69, 9.17) is 5.26 Å². The normalized spacial score (nSPS) is 10.2. The quantitative estimate of drug-likeness (QED) is 0.545. The average molecular weight is 341 g/mol. The molecule has 0 fully saturated rings. The third-order valence-electron chi connectivity index (χ3n) is 3.35. The van der Waals surface area contributed by atoms with Crippen molar-refractivity contribution >= 4 is 23.4 Å². The first-order valence-electron chi connectivity index (χ1n) is 7.53. The summed E-state index contributed by atoms with van der Waals surface area (Å²) in [4.78, 5) is 14.3. The predicted octanol–water partition coefficient (Wildman–Crippen LogP) is 2.81. The van der Waals surface area contributed by atoms with Crippen molar-refractivity contribution in [3.63, 3.8) is 0 Å². The molecule has 0 aliphatic rings. The molecule has 0 bridgehead atoms. The van der Waals surface area contributed by atoms with Gasteiger partial charge in [-0.15, -0.1) is 16.8 Å². The average Bonchev–Trinajstić information content (AvgIpc) is 2.95. The van der Waals surface area contributed by atoms with E-state index in [9.17, 15) is 4.79 Å². The van der Waals surface area contributed by atoms with Crippen LogP contribution >= 0.6 is 11.8 Å². The van der Waals surface area contributed by atoms with E-state index in [1.807, 2.05) is 41.8 Å². The number of hydrogen-bond donors (Lipinski definition) is 0. The first kappa shape index (κ1) is 17.8. The molecule has 24 heavy (non-hydrogen) atoms. The summed E-state index contributed by atoms with van der Waals surface area (Å²) in [5.74, 6) is 0.955. The largest absolute Gasteiger partial charge is 0.311 e. The molecule has 1 aromatic heterocycles. The number of carbonyl (C=O) groups excluding carboxylic acids is 1. The van der Waals surface area contributed by atoms with Gasteiger partial charge in [0.25, 0.3) is 0 Å². The molecular formula is C17H19N5OS. The molecule has 0 N–H and O–H groups in total. The summed E-state index contributed by atoms with van der Waals surface area (Å²) in [5.41, 5.74) is 0.794. The molecule has 0 saturated heterocycles. The van der Waals surface area contributed by atoms with Crippen LogP contribution in [0.2, 0.25) is 0 Å². The van der Waals surface area contributed by atoms with Crippen LogP contribution in [-0.4, -0.2) is 33.0 Å². The van der Waals surface area contributed by atoms with Gasteiger partial charge in [0.15, 0.2) is 5.16 Å². The minimum absolute atomic E-state index is 0.0627. The molecule has 2 rings (SSSR count). The van der Waals surface area contributed by atoms with Crippen molar-refractivity contribution in [2.24, 2.45) is 0 Å². The van der Waals surface area contributed by atoms with Crippen molar-refractivity contribution in [3.8, 4) is 6.07 Å². The standard InChI is InChI=1S/C17H19N5OS/c1-3-11-21-14(2)19-20-17(21)24-13-16(23)22(12-7-10-18)15-8-5-4-6-9-15/h3-6,8-9H,1,7,11-13H2,2H3. The number of para-hydroxylation sites is 1. The number of nitriles is 1. The molecule has 0 aliphatic heterocycles. The summed E-state index contributed by atoms with van der Waals surface area (Å²) < 4.78 is 1.91. The van der Waals surface area contributed by atoms with Gasteiger partial charge in [-0.3, -0.25) is 4.79 Å². The third-order valence-corrected chi connectivity index (χ3v) is 4.31. The van der Waals surface area contributed by atoms with Crippen LogP contribution in [0.5, 0.6) is 0 Å². The Morgan fingerprint density at radius 1 is 1.42 bits per heavy atom. The molecule has 0 aliphatic carbocycles. The van der Waals surface area contributed by atoms with Gasteiger partial charge in [-0.2, -0.15) is 5.26 Å². The number of hydrogen-bond acceptors (Lipinski definition) is 5. The van der Waals surface area contributed by atoms with Crippen molar-refractivity contribution in [1.82, 2.24) is 14.8 Å². The molecular weight excluding hydrogens is 322 g/mol. The van der Waals surface area contributed by atoms with Gasteiger partial charge in [-0.1, -0.05) is 36.0 Å². The topological polar surface area (TPSA) is 74.8 Å². The smallest absolute Gasteiger partial charge is 0.237 e. The fraction of sp³-hybridized carbons (Fsp3) is 0.294. The van der Waals surface area contributed by atoms with Gasteiger partial charge in [0, 0.05) is 18.8 Å². The molecule has 1 amide bonds. The maximum absolute atomic E-state index is 12.6. The fourth-order valence-electron chi connectivity index (χ4n) is 2.18. The first-order valence-corrected chi connectivity index (χ1v) is 8.51. The number of benzene rings is 1. The number of aryl methyl sites for hydroxylation is 1. The number of anilines is 1. The number of carbonyl (C=O) groups is 1. The molecule has 1 heterocycles. The number of aromatic nitrogens is 3. The fourth-order valence-corrected chi connectivity index (χ4v) is 3.05. The summed E-state index contributed by atoms with van der Waals surface area (Å²) >= 11 is 1.34. The molecule has 6 nitrogen and oxygen atoms in total. The Morgan fingerprint density at radius 2 is 2.17 bits per heavy atom. The van der Waals surface area contributed by atoms with Gasteiger partial charge in [0.05, 0.1) is 18.2 Å². The maximum atomic E-state index is 12.6. The lowest BCUT2D eigenvalue weighted by Crippen LogP contribution is -2.33. The number of amides is 1. The highest BCUT2D eigenvalue weighted by molar-refractivity contribution is 7.99. The van der Waals surface area contributed by atoms with Crippen molar-refractivity contribution in [1.29, 1.82) is 5.26 Å². The Kier molecular flexibility index (Phi) is 6.58. The molecule has 0 unspecified atom stereocenters. The Morgan fingerprint density at radius 3 is 2.83 bits per heavy atom. The zero-order chi connectivity index (χ0) is 17.4. The molecule has 0 saturated carbocycles. The van der Waals surface area contributed by atoms with E-state index < -0.39 is 0 Å². The first-order chi connectivity index (χ1) is 11.7. The van der Waals surface area contributed by atoms with Crippen LogP contribution in [0, 0.1) is 18.3 Å². The Balaban J connectivity index is 2.08. The van der Waals surface area contributed by atoms with Crippen molar-refractivity contribution in [3.05, 3.63) is 48.8 Å². The second-order valence-electron chi connectivity index (χ2n) is 5.01. The van der Waals surface area contributed by atoms with Crippen molar-refractivity contribution in [2.75, 3.05) is 17.2 Å². The second-order valence-corrected chi connectivity index (χ2v) is 5.95. The Bertz CT molecular complexity index is 735. The lowest BCUT2D eigenvalue weighted by atomic mass is 10.2. The molecule has 0 atom stereocenters. The molecule has 7 heteroatoms. The zero-order valence-corrected chi connectivity index (χ0v) is 14.4. The minimum Gasteiger partial charge on any atom is -0.311 e. The van der Waals surface area contributed by atoms with Crippen LogP contribution in [0.3, 0.4) is 0 Å². The Hall–Kier alpha value is -2.59. The molecule has 0 radical (unpaired) electrons. The SMILES string of the molecule is C=CCn1c(C)nnc1SCC(=O)N(CCC#N)c1ccccc1. The van der Waals surface area contributed by atoms with Gasteiger partial charge in [0.1, 0.15) is 5.82 Å². The van der Waals surface area contributed by atoms with E-state index in [-0.39, 0.29) is 18.1 Å². The number of allylic oxidation sites excluding steroid dienone is 1. The molecule has 2 aromatic rings. The maximum Gasteiger partial charge on any atom is 0.237 e. The molecule has 0 spiro atoms. The van der Waals surface area contributed by atoms with Crippen LogP contribution < -0.4 is 4.90 Å². The van der Waals surface area contributed by atoms with Crippen LogP contribution in [0.1, 0.15) is 12.2 Å². The van der Waals surface area contributed by atoms with Gasteiger partial charge in [-0.05, 0) is 19.1 Å². The predicted molar refractivity (Wildman–Crippen MR) is 94.7 cm³/mol. The van der Waals surface area contributed by atoms with E-state index in [1.54, 1.807) is 11.0 Å². The third kappa shape index (κ3) is 4.46. The highest BCUT2D eigenvalue weighted by Crippen LogP contribution is 2.20. The van der Waals surface area contributed by atoms with Crippen molar-refractivity contribution in [2.45, 2.75) is 25.0 Å². The van der Waals surface area contributed by atoms with Crippen LogP contribution in [-0.2, 0) is 11.3 Å². The van der Waals surface area contributed by atoms with Gasteiger partial charge >= 0.3 is 0 Å². The monoisotopic (exact) mass is 341 g/mol. The lowest BCUT2D eigenvalue weighted by molar-refractivity contribution is -0.116. The van der Waals surface area contributed by atoms with E-state index >= 15 is 0 Å². The van der Waals surface area contributed by atoms with E-state index in [0.717, 1.165) is 11.5 Å². The number of nitrogens with zero attached hydrogens (tertiary/aromatic N) is 5. The Labute approximate surface area is 145 Å². The summed E-state index contributed by atoms with van der Waals surface area (Å²) in [6.45, 7) is 6.57. The van der Waals surface area contributed by atoms with Gasteiger partial charge in [0.2, 0.25) is 5.91 Å². The summed E-state index contributed by atoms with van der Waals surface area (Å²) in [7, 11) is 0. The van der Waals surface area contributed by atoms with E-state index in [2.05, 4.69) is 22.8 Å². The number of rotatable bonds is 8. The van der Waals surface area contributed by atoms with Crippen LogP contribution in [0.15, 0.2) is 48.1 Å².